The number of ether oxygens (including phenoxy) is 3. The average molecular weight is 531 g/mol. The number of hydrogen-bond acceptors (Lipinski definition) is 12. The highest BCUT2D eigenvalue weighted by molar-refractivity contribution is 7.86. The van der Waals surface area contributed by atoms with Gasteiger partial charge in [-0.3, -0.25) is 17.7 Å². The minimum atomic E-state index is -4.03. The molecule has 35 heavy (non-hydrogen) atoms. The zero-order valence-corrected chi connectivity index (χ0v) is 20.4. The Balaban J connectivity index is 1.78. The molecule has 4 rings (SSSR count). The van der Waals surface area contributed by atoms with Crippen LogP contribution in [0.15, 0.2) is 41.3 Å². The molecular formula is C20H22N2O11S2. The molecule has 0 N–H and O–H groups in total. The van der Waals surface area contributed by atoms with Gasteiger partial charge in [-0.05, 0) is 19.1 Å². The monoisotopic (exact) mass is 530 g/mol. The molecule has 0 aliphatic carbocycles. The Hall–Kier alpha value is -2.85. The first-order valence-corrected chi connectivity index (χ1v) is 13.8. The lowest BCUT2D eigenvalue weighted by Gasteiger charge is -2.33. The van der Waals surface area contributed by atoms with Crippen LogP contribution in [0.25, 0.3) is 0 Å². The summed E-state index contributed by atoms with van der Waals surface area (Å²) in [5.74, 6) is -0.818. The second-order valence-electron chi connectivity index (χ2n) is 8.20. The smallest absolute Gasteiger partial charge is 0.338 e. The summed E-state index contributed by atoms with van der Waals surface area (Å²) in [5.41, 5.74) is -2.05. The molecular weight excluding hydrogens is 508 g/mol. The van der Waals surface area contributed by atoms with Crippen LogP contribution in [0.2, 0.25) is 0 Å². The SMILES string of the molecule is Cc1cn2c(nc1=O)O[C@@H]1[C@H]2OC(COS(C)(=O)=O)(COS(C)(=O)=O)[C@H]1OC(=O)c1ccccc1. The van der Waals surface area contributed by atoms with Crippen LogP contribution in [0.1, 0.15) is 22.1 Å². The van der Waals surface area contributed by atoms with E-state index in [1.54, 1.807) is 18.2 Å². The second-order valence-corrected chi connectivity index (χ2v) is 11.5. The molecule has 1 aromatic carbocycles. The van der Waals surface area contributed by atoms with Gasteiger partial charge in [0.2, 0.25) is 0 Å². The largest absolute Gasteiger partial charge is 0.452 e. The summed E-state index contributed by atoms with van der Waals surface area (Å²) in [6.07, 6.45) is -0.637. The molecule has 1 aromatic heterocycles. The third-order valence-corrected chi connectivity index (χ3v) is 6.43. The normalized spacial score (nSPS) is 22.8. The van der Waals surface area contributed by atoms with E-state index in [2.05, 4.69) is 4.98 Å². The zero-order chi connectivity index (χ0) is 25.6. The predicted octanol–water partition coefficient (Wildman–Crippen LogP) is -0.242. The van der Waals surface area contributed by atoms with E-state index in [9.17, 15) is 26.4 Å². The van der Waals surface area contributed by atoms with E-state index in [4.69, 9.17) is 22.6 Å². The molecule has 3 heterocycles. The lowest BCUT2D eigenvalue weighted by Crippen LogP contribution is -2.54. The van der Waals surface area contributed by atoms with Crippen LogP contribution in [-0.2, 0) is 38.1 Å². The first-order chi connectivity index (χ1) is 16.3. The minimum Gasteiger partial charge on any atom is -0.452 e. The zero-order valence-electron chi connectivity index (χ0n) is 18.8. The number of carbonyl (C=O) groups is 1. The van der Waals surface area contributed by atoms with Gasteiger partial charge < -0.3 is 14.2 Å². The highest BCUT2D eigenvalue weighted by Gasteiger charge is 2.63. The van der Waals surface area contributed by atoms with Gasteiger partial charge in [-0.2, -0.15) is 21.8 Å². The van der Waals surface area contributed by atoms with Crippen LogP contribution in [0.4, 0.5) is 0 Å². The van der Waals surface area contributed by atoms with Crippen molar-refractivity contribution in [3.63, 3.8) is 0 Å². The van der Waals surface area contributed by atoms with Crippen LogP contribution in [0, 0.1) is 6.92 Å². The van der Waals surface area contributed by atoms with Crippen LogP contribution in [-0.4, -0.2) is 75.9 Å². The Bertz CT molecular complexity index is 1370. The first kappa shape index (κ1) is 25.2. The summed E-state index contributed by atoms with van der Waals surface area (Å²) in [5, 5.41) is 0. The van der Waals surface area contributed by atoms with Gasteiger partial charge in [-0.25, -0.2) is 4.79 Å². The number of esters is 1. The summed E-state index contributed by atoms with van der Waals surface area (Å²) in [4.78, 5) is 28.8. The molecule has 190 valence electrons. The number of benzene rings is 1. The van der Waals surface area contributed by atoms with Crippen molar-refractivity contribution in [1.82, 2.24) is 9.55 Å². The van der Waals surface area contributed by atoms with Crippen molar-refractivity contribution in [3.8, 4) is 6.01 Å². The summed E-state index contributed by atoms with van der Waals surface area (Å²) in [7, 11) is -8.06. The topological polar surface area (TPSA) is 166 Å². The highest BCUT2D eigenvalue weighted by Crippen LogP contribution is 2.46. The van der Waals surface area contributed by atoms with Gasteiger partial charge >= 0.3 is 12.0 Å². The summed E-state index contributed by atoms with van der Waals surface area (Å²) >= 11 is 0. The van der Waals surface area contributed by atoms with Crippen LogP contribution in [0.5, 0.6) is 6.01 Å². The Morgan fingerprint density at radius 2 is 1.69 bits per heavy atom. The van der Waals surface area contributed by atoms with E-state index in [0.717, 1.165) is 12.5 Å². The van der Waals surface area contributed by atoms with Crippen LogP contribution in [0.3, 0.4) is 0 Å². The second kappa shape index (κ2) is 8.98. The molecule has 0 bridgehead atoms. The number of carbonyl (C=O) groups excluding carboxylic acids is 1. The van der Waals surface area contributed by atoms with Crippen LogP contribution < -0.4 is 10.3 Å². The van der Waals surface area contributed by atoms with Gasteiger partial charge in [0.25, 0.3) is 25.8 Å². The lowest BCUT2D eigenvalue weighted by atomic mass is 9.96. The van der Waals surface area contributed by atoms with E-state index in [-0.39, 0.29) is 17.1 Å². The Kier molecular flexibility index (Phi) is 6.48. The Labute approximate surface area is 200 Å². The average Bonchev–Trinajstić information content (AvgIpc) is 3.25. The van der Waals surface area contributed by atoms with Crippen molar-refractivity contribution in [3.05, 3.63) is 58.0 Å². The molecule has 0 amide bonds. The van der Waals surface area contributed by atoms with Crippen molar-refractivity contribution in [2.75, 3.05) is 25.7 Å². The number of aryl methyl sites for hydroxylation is 1. The quantitative estimate of drug-likeness (QED) is 0.325. The Morgan fingerprint density at radius 1 is 1.09 bits per heavy atom. The molecule has 15 heteroatoms. The highest BCUT2D eigenvalue weighted by atomic mass is 32.2. The molecule has 1 fully saturated rings. The third-order valence-electron chi connectivity index (χ3n) is 5.34. The van der Waals surface area contributed by atoms with E-state index in [1.165, 1.54) is 29.8 Å². The first-order valence-electron chi connectivity index (χ1n) is 10.2. The number of nitrogens with zero attached hydrogens (tertiary/aromatic N) is 2. The standard InChI is InChI=1S/C20H22N2O11S2/c1-12-9-22-17-14(31-19(22)21-16(12)23)15(32-18(24)13-7-5-4-6-8-13)20(33-17,10-29-34(2,25)26)11-30-35(3,27)28/h4-9,14-15,17H,10-11H2,1-3H3/t14-,15-,17+/m0/s1. The molecule has 0 unspecified atom stereocenters. The van der Waals surface area contributed by atoms with Crippen molar-refractivity contribution in [2.24, 2.45) is 0 Å². The van der Waals surface area contributed by atoms with Gasteiger partial charge in [0.05, 0.1) is 18.1 Å². The molecule has 0 spiro atoms. The molecule has 2 aliphatic heterocycles. The maximum atomic E-state index is 12.9. The number of hydrogen-bond donors (Lipinski definition) is 0. The molecule has 0 radical (unpaired) electrons. The minimum absolute atomic E-state index is 0.113. The van der Waals surface area contributed by atoms with Gasteiger partial charge in [0.15, 0.2) is 24.0 Å². The summed E-state index contributed by atoms with van der Waals surface area (Å²) in [6.45, 7) is 0.00335. The molecule has 3 atom stereocenters. The van der Waals surface area contributed by atoms with Gasteiger partial charge in [0.1, 0.15) is 13.2 Å². The number of aromatic nitrogens is 2. The number of rotatable bonds is 8. The maximum Gasteiger partial charge on any atom is 0.338 e. The van der Waals surface area contributed by atoms with Crippen molar-refractivity contribution >= 4 is 26.2 Å². The summed E-state index contributed by atoms with van der Waals surface area (Å²) in [6, 6.07) is 7.78. The van der Waals surface area contributed by atoms with Crippen molar-refractivity contribution < 1.29 is 44.2 Å². The third kappa shape index (κ3) is 5.38. The Morgan fingerprint density at radius 3 is 2.26 bits per heavy atom. The van der Waals surface area contributed by atoms with Crippen molar-refractivity contribution in [1.29, 1.82) is 0 Å². The molecule has 2 aromatic rings. The fraction of sp³-hybridized carbons (Fsp3) is 0.450. The van der Waals surface area contributed by atoms with Crippen LogP contribution >= 0.6 is 0 Å². The van der Waals surface area contributed by atoms with E-state index in [1.807, 2.05) is 0 Å². The molecule has 13 nitrogen and oxygen atoms in total. The van der Waals surface area contributed by atoms with Crippen molar-refractivity contribution in [2.45, 2.75) is 31.0 Å². The van der Waals surface area contributed by atoms with Gasteiger partial charge in [0, 0.05) is 11.8 Å². The van der Waals surface area contributed by atoms with Gasteiger partial charge in [-0.15, -0.1) is 0 Å². The molecule has 2 aliphatic rings. The van der Waals surface area contributed by atoms with E-state index >= 15 is 0 Å². The van der Waals surface area contributed by atoms with E-state index < -0.39 is 69.0 Å². The summed E-state index contributed by atoms with van der Waals surface area (Å²) < 4.78 is 75.9. The maximum absolute atomic E-state index is 12.9. The number of fused-ring (bicyclic) bond motifs is 3. The fourth-order valence-electron chi connectivity index (χ4n) is 3.72. The lowest BCUT2D eigenvalue weighted by molar-refractivity contribution is -0.141. The molecule has 0 saturated carbocycles. The van der Waals surface area contributed by atoms with E-state index in [0.29, 0.717) is 0 Å². The van der Waals surface area contributed by atoms with Gasteiger partial charge in [-0.1, -0.05) is 18.2 Å². The fourth-order valence-corrected chi connectivity index (χ4v) is 4.55. The molecule has 1 saturated heterocycles. The predicted molar refractivity (Wildman–Crippen MR) is 118 cm³/mol.